The lowest BCUT2D eigenvalue weighted by Crippen LogP contribution is -2.59. The lowest BCUT2D eigenvalue weighted by molar-refractivity contribution is 0.104. The van der Waals surface area contributed by atoms with E-state index in [0.717, 1.165) is 36.5 Å². The summed E-state index contributed by atoms with van der Waals surface area (Å²) in [4.78, 5) is 26.1. The number of piperazine rings is 1. The van der Waals surface area contributed by atoms with Crippen LogP contribution in [0.1, 0.15) is 64.7 Å². The van der Waals surface area contributed by atoms with Crippen LogP contribution in [0.15, 0.2) is 47.5 Å². The Balaban J connectivity index is 1.73. The van der Waals surface area contributed by atoms with Gasteiger partial charge < -0.3 is 9.64 Å². The first-order valence-electron chi connectivity index (χ1n) is 14.4. The molecule has 0 radical (unpaired) electrons. The molecule has 8 heteroatoms. The number of nitrogens with zero attached hydrogens (tertiary/aromatic N) is 4. The molecule has 2 aliphatic rings. The molecule has 2 aromatic carbocycles. The number of amidine groups is 1. The lowest BCUT2D eigenvalue weighted by atomic mass is 9.84. The number of carbonyl (C=O) groups excluding carboxylic acids is 1. The van der Waals surface area contributed by atoms with Gasteiger partial charge in [0.05, 0.1) is 23.8 Å². The Bertz CT molecular complexity index is 1200. The van der Waals surface area contributed by atoms with E-state index in [1.54, 1.807) is 0 Å². The van der Waals surface area contributed by atoms with E-state index in [1.165, 1.54) is 17.7 Å². The van der Waals surface area contributed by atoms with Crippen molar-refractivity contribution < 1.29 is 9.53 Å². The smallest absolute Gasteiger partial charge is 0.326 e. The molecule has 40 heavy (non-hydrogen) atoms. The number of carbonyl (C=O) groups is 1. The molecule has 0 spiro atoms. The molecule has 0 bridgehead atoms. The van der Waals surface area contributed by atoms with Gasteiger partial charge in [0.25, 0.3) is 0 Å². The highest BCUT2D eigenvalue weighted by atomic mass is 35.5. The summed E-state index contributed by atoms with van der Waals surface area (Å²) in [5.74, 6) is 2.60. The number of amides is 2. The van der Waals surface area contributed by atoms with Crippen molar-refractivity contribution in [2.45, 2.75) is 65.0 Å². The summed E-state index contributed by atoms with van der Waals surface area (Å²) in [7, 11) is 0. The maximum Gasteiger partial charge on any atom is 0.326 e. The van der Waals surface area contributed by atoms with Gasteiger partial charge in [0.1, 0.15) is 11.6 Å². The van der Waals surface area contributed by atoms with E-state index in [2.05, 4.69) is 64.0 Å². The van der Waals surface area contributed by atoms with E-state index < -0.39 is 5.54 Å². The Hall–Kier alpha value is -2.22. The van der Waals surface area contributed by atoms with Gasteiger partial charge in [-0.1, -0.05) is 50.6 Å². The van der Waals surface area contributed by atoms with Crippen LogP contribution in [-0.2, 0) is 11.0 Å². The Labute approximate surface area is 250 Å². The number of rotatable bonds is 8. The van der Waals surface area contributed by atoms with E-state index in [1.807, 2.05) is 52.8 Å². The van der Waals surface area contributed by atoms with Crippen LogP contribution in [0.25, 0.3) is 0 Å². The van der Waals surface area contributed by atoms with E-state index in [4.69, 9.17) is 21.3 Å². The van der Waals surface area contributed by atoms with Gasteiger partial charge in [0.15, 0.2) is 0 Å². The summed E-state index contributed by atoms with van der Waals surface area (Å²) in [6.07, 6.45) is 3.33. The molecule has 2 aliphatic heterocycles. The van der Waals surface area contributed by atoms with Crippen LogP contribution in [0.5, 0.6) is 5.75 Å². The van der Waals surface area contributed by atoms with Gasteiger partial charge >= 0.3 is 6.03 Å². The maximum absolute atomic E-state index is 14.5. The van der Waals surface area contributed by atoms with Gasteiger partial charge in [0, 0.05) is 31.2 Å². The third-order valence-electron chi connectivity index (χ3n) is 8.28. The Morgan fingerprint density at radius 1 is 1.12 bits per heavy atom. The van der Waals surface area contributed by atoms with Crippen molar-refractivity contribution in [1.29, 1.82) is 0 Å². The predicted octanol–water partition coefficient (Wildman–Crippen LogP) is 6.89. The molecular weight excluding hydrogens is 540 g/mol. The van der Waals surface area contributed by atoms with Crippen molar-refractivity contribution in [3.63, 3.8) is 0 Å². The number of urea groups is 1. The summed E-state index contributed by atoms with van der Waals surface area (Å²) >= 11 is 8.16. The quantitative estimate of drug-likeness (QED) is 0.317. The highest BCUT2D eigenvalue weighted by molar-refractivity contribution is 7.98. The minimum absolute atomic E-state index is 0.00772. The molecule has 0 aromatic heterocycles. The van der Waals surface area contributed by atoms with Gasteiger partial charge in [-0.3, -0.25) is 14.8 Å². The zero-order valence-electron chi connectivity index (χ0n) is 25.2. The van der Waals surface area contributed by atoms with Crippen LogP contribution in [0.4, 0.5) is 4.79 Å². The third-order valence-corrected chi connectivity index (χ3v) is 9.23. The van der Waals surface area contributed by atoms with Crippen molar-refractivity contribution in [3.8, 4) is 5.75 Å². The summed E-state index contributed by atoms with van der Waals surface area (Å²) in [5.41, 5.74) is 2.33. The van der Waals surface area contributed by atoms with Crippen molar-refractivity contribution in [3.05, 3.63) is 64.2 Å². The molecular formula is C32H45ClN4O2S. The van der Waals surface area contributed by atoms with Crippen molar-refractivity contribution in [2.75, 3.05) is 51.3 Å². The molecule has 0 N–H and O–H groups in total. The summed E-state index contributed by atoms with van der Waals surface area (Å²) < 4.78 is 6.19. The normalized spacial score (nSPS) is 22.0. The second kappa shape index (κ2) is 12.7. The predicted molar refractivity (Wildman–Crippen MR) is 169 cm³/mol. The zero-order valence-corrected chi connectivity index (χ0v) is 26.7. The first-order chi connectivity index (χ1) is 19.0. The molecule has 6 nitrogen and oxygen atoms in total. The maximum atomic E-state index is 14.5. The average Bonchev–Trinajstić information content (AvgIpc) is 3.19. The van der Waals surface area contributed by atoms with Gasteiger partial charge in [-0.2, -0.15) is 11.8 Å². The van der Waals surface area contributed by atoms with E-state index >= 15 is 0 Å². The first-order valence-corrected chi connectivity index (χ1v) is 16.2. The third kappa shape index (κ3) is 6.32. The average molecular weight is 585 g/mol. The first kappa shape index (κ1) is 30.7. The highest BCUT2D eigenvalue weighted by Gasteiger charge is 2.51. The largest absolute Gasteiger partial charge is 0.493 e. The number of thioether (sulfide) groups is 1. The topological polar surface area (TPSA) is 48.4 Å². The number of benzene rings is 2. The molecule has 0 aliphatic carbocycles. The molecule has 2 amide bonds. The van der Waals surface area contributed by atoms with Crippen LogP contribution in [0.2, 0.25) is 5.02 Å². The molecule has 1 saturated heterocycles. The van der Waals surface area contributed by atoms with Crippen molar-refractivity contribution in [2.24, 2.45) is 4.99 Å². The van der Waals surface area contributed by atoms with Crippen molar-refractivity contribution in [1.82, 2.24) is 14.7 Å². The summed E-state index contributed by atoms with van der Waals surface area (Å²) in [6.45, 7) is 17.6. The second-order valence-electron chi connectivity index (χ2n) is 12.0. The fraction of sp³-hybridized carbons (Fsp3) is 0.562. The molecule has 4 rings (SSSR count). The highest BCUT2D eigenvalue weighted by Crippen LogP contribution is 2.43. The van der Waals surface area contributed by atoms with Gasteiger partial charge in [0.2, 0.25) is 0 Å². The zero-order chi connectivity index (χ0) is 29.1. The minimum Gasteiger partial charge on any atom is -0.493 e. The van der Waals surface area contributed by atoms with Gasteiger partial charge in [-0.25, -0.2) is 4.79 Å². The molecule has 2 aromatic rings. The van der Waals surface area contributed by atoms with Crippen LogP contribution in [-0.4, -0.2) is 83.9 Å². The molecule has 1 fully saturated rings. The standard InChI is InChI=1S/C32H45ClN4O2S/c1-8-39-28-22-25(31(3,4)5)12-15-27(28)29-34-23(2)32(6,24-10-13-26(33)14-11-24)37(29)30(38)36-19-17-35(18-20-36)16-9-21-40-7/h10-15,22-23H,8-9,16-21H2,1-7H3/t23-,32+/m1/s1. The Morgan fingerprint density at radius 3 is 2.40 bits per heavy atom. The second-order valence-corrected chi connectivity index (χ2v) is 13.4. The molecule has 0 unspecified atom stereocenters. The molecule has 0 saturated carbocycles. The number of hydrogen-bond donors (Lipinski definition) is 0. The van der Waals surface area contributed by atoms with Gasteiger partial charge in [-0.05, 0) is 86.6 Å². The van der Waals surface area contributed by atoms with Gasteiger partial charge in [-0.15, -0.1) is 0 Å². The Morgan fingerprint density at radius 2 is 1.80 bits per heavy atom. The van der Waals surface area contributed by atoms with E-state index in [0.29, 0.717) is 30.6 Å². The fourth-order valence-corrected chi connectivity index (χ4v) is 6.14. The summed E-state index contributed by atoms with van der Waals surface area (Å²) in [5, 5.41) is 0.672. The van der Waals surface area contributed by atoms with Crippen LogP contribution in [0.3, 0.4) is 0 Å². The number of ether oxygens (including phenoxy) is 1. The molecule has 2 atom stereocenters. The van der Waals surface area contributed by atoms with Crippen molar-refractivity contribution >= 4 is 35.2 Å². The monoisotopic (exact) mass is 584 g/mol. The van der Waals surface area contributed by atoms with Crippen LogP contribution >= 0.6 is 23.4 Å². The number of aliphatic imine (C=N–C) groups is 1. The molecule has 2 heterocycles. The van der Waals surface area contributed by atoms with E-state index in [9.17, 15) is 4.79 Å². The van der Waals surface area contributed by atoms with Crippen LogP contribution < -0.4 is 4.74 Å². The van der Waals surface area contributed by atoms with E-state index in [-0.39, 0.29) is 17.5 Å². The molecule has 218 valence electrons. The SMILES string of the molecule is CCOc1cc(C(C)(C)C)ccc1C1=N[C@H](C)[C@@](C)(c2ccc(Cl)cc2)N1C(=O)N1CCN(CCCSC)CC1. The lowest BCUT2D eigenvalue weighted by Gasteiger charge is -2.43. The summed E-state index contributed by atoms with van der Waals surface area (Å²) in [6, 6.07) is 14.0. The minimum atomic E-state index is -0.682. The number of halogens is 1. The number of hydrogen-bond acceptors (Lipinski definition) is 5. The fourth-order valence-electron chi connectivity index (χ4n) is 5.60. The van der Waals surface area contributed by atoms with Crippen LogP contribution in [0, 0.1) is 0 Å². The Kier molecular flexibility index (Phi) is 9.79.